The average molecular weight is 303 g/mol. The van der Waals surface area contributed by atoms with Crippen LogP contribution in [0.4, 0.5) is 5.69 Å². The summed E-state index contributed by atoms with van der Waals surface area (Å²) >= 11 is 3.10. The molecule has 1 rings (SSSR count). The zero-order valence-electron chi connectivity index (χ0n) is 9.63. The van der Waals surface area contributed by atoms with Crippen LogP contribution in [0.3, 0.4) is 0 Å². The molecule has 0 aliphatic heterocycles. The van der Waals surface area contributed by atoms with Crippen LogP contribution in [-0.4, -0.2) is 16.1 Å². The molecule has 0 heterocycles. The standard InChI is InChI=1S/C11H15BrN2O3/c1-6(2)11(15)10(13)7-3-4-8(12)9(5-7)14(16)17/h3-6,10-11,15H,13H2,1-2H3/t10-,11+/m1/s1. The Bertz CT molecular complexity index is 423. The monoisotopic (exact) mass is 302 g/mol. The summed E-state index contributed by atoms with van der Waals surface area (Å²) in [5.74, 6) is -0.00676. The Morgan fingerprint density at radius 3 is 2.53 bits per heavy atom. The molecule has 5 nitrogen and oxygen atoms in total. The highest BCUT2D eigenvalue weighted by Gasteiger charge is 2.22. The van der Waals surface area contributed by atoms with Gasteiger partial charge < -0.3 is 10.8 Å². The fraction of sp³-hybridized carbons (Fsp3) is 0.455. The van der Waals surface area contributed by atoms with Crippen LogP contribution < -0.4 is 5.73 Å². The van der Waals surface area contributed by atoms with Crippen molar-refractivity contribution >= 4 is 21.6 Å². The smallest absolute Gasteiger partial charge is 0.283 e. The molecule has 3 N–H and O–H groups in total. The molecule has 17 heavy (non-hydrogen) atoms. The second-order valence-corrected chi connectivity index (χ2v) is 5.08. The third-order valence-corrected chi connectivity index (χ3v) is 3.27. The molecule has 1 aromatic rings. The van der Waals surface area contributed by atoms with E-state index < -0.39 is 17.1 Å². The molecule has 6 heteroatoms. The van der Waals surface area contributed by atoms with E-state index in [1.165, 1.54) is 6.07 Å². The van der Waals surface area contributed by atoms with Crippen LogP contribution in [0.25, 0.3) is 0 Å². The summed E-state index contributed by atoms with van der Waals surface area (Å²) in [4.78, 5) is 10.3. The molecular formula is C11H15BrN2O3. The van der Waals surface area contributed by atoms with Crippen molar-refractivity contribution in [3.63, 3.8) is 0 Å². The SMILES string of the molecule is CC(C)[C@H](O)[C@H](N)c1ccc(Br)c([N+](=O)[O-])c1. The van der Waals surface area contributed by atoms with Gasteiger partial charge in [-0.1, -0.05) is 19.9 Å². The molecule has 0 amide bonds. The predicted octanol–water partition coefficient (Wildman–Crippen LogP) is 2.37. The quantitative estimate of drug-likeness (QED) is 0.660. The summed E-state index contributed by atoms with van der Waals surface area (Å²) in [5.41, 5.74) is 6.38. The van der Waals surface area contributed by atoms with Crippen LogP contribution in [0, 0.1) is 16.0 Å². The second kappa shape index (κ2) is 5.57. The number of nitro groups is 1. The number of aliphatic hydroxyl groups excluding tert-OH is 1. The molecule has 94 valence electrons. The number of benzene rings is 1. The molecule has 0 unspecified atom stereocenters. The summed E-state index contributed by atoms with van der Waals surface area (Å²) in [6, 6.07) is 4.01. The lowest BCUT2D eigenvalue weighted by atomic mass is 9.94. The first kappa shape index (κ1) is 14.1. The van der Waals surface area contributed by atoms with Crippen molar-refractivity contribution in [1.29, 1.82) is 0 Å². The Hall–Kier alpha value is -0.980. The Labute approximate surface area is 108 Å². The summed E-state index contributed by atoms with van der Waals surface area (Å²) in [5, 5.41) is 20.6. The van der Waals surface area contributed by atoms with E-state index in [-0.39, 0.29) is 11.6 Å². The van der Waals surface area contributed by atoms with Gasteiger partial charge in [0.05, 0.1) is 21.5 Å². The topological polar surface area (TPSA) is 89.4 Å². The van der Waals surface area contributed by atoms with Gasteiger partial charge in [0.15, 0.2) is 0 Å². The van der Waals surface area contributed by atoms with Crippen LogP contribution in [0.1, 0.15) is 25.5 Å². The fourth-order valence-electron chi connectivity index (χ4n) is 1.49. The highest BCUT2D eigenvalue weighted by Crippen LogP contribution is 2.29. The van der Waals surface area contributed by atoms with Crippen molar-refractivity contribution < 1.29 is 10.0 Å². The zero-order valence-corrected chi connectivity index (χ0v) is 11.2. The average Bonchev–Trinajstić information content (AvgIpc) is 2.27. The van der Waals surface area contributed by atoms with Gasteiger partial charge in [-0.3, -0.25) is 10.1 Å². The molecule has 0 fully saturated rings. The molecule has 0 aliphatic rings. The van der Waals surface area contributed by atoms with Gasteiger partial charge in [-0.2, -0.15) is 0 Å². The largest absolute Gasteiger partial charge is 0.391 e. The summed E-state index contributed by atoms with van der Waals surface area (Å²) in [7, 11) is 0. The predicted molar refractivity (Wildman–Crippen MR) is 68.6 cm³/mol. The first-order valence-corrected chi connectivity index (χ1v) is 6.01. The normalized spacial score (nSPS) is 14.7. The van der Waals surface area contributed by atoms with Crippen LogP contribution in [-0.2, 0) is 0 Å². The van der Waals surface area contributed by atoms with Gasteiger partial charge >= 0.3 is 0 Å². The van der Waals surface area contributed by atoms with E-state index in [1.807, 2.05) is 13.8 Å². The minimum Gasteiger partial charge on any atom is -0.391 e. The van der Waals surface area contributed by atoms with Gasteiger partial charge in [-0.15, -0.1) is 0 Å². The van der Waals surface area contributed by atoms with Crippen LogP contribution >= 0.6 is 15.9 Å². The lowest BCUT2D eigenvalue weighted by Crippen LogP contribution is -2.30. The number of halogens is 1. The molecule has 0 bridgehead atoms. The van der Waals surface area contributed by atoms with E-state index >= 15 is 0 Å². The van der Waals surface area contributed by atoms with Gasteiger partial charge in [0.1, 0.15) is 0 Å². The lowest BCUT2D eigenvalue weighted by Gasteiger charge is -2.22. The number of rotatable bonds is 4. The molecule has 1 aromatic carbocycles. The first-order valence-electron chi connectivity index (χ1n) is 5.22. The molecule has 0 aromatic heterocycles. The van der Waals surface area contributed by atoms with Gasteiger partial charge in [0, 0.05) is 6.07 Å². The maximum Gasteiger partial charge on any atom is 0.283 e. The third kappa shape index (κ3) is 3.24. The maximum atomic E-state index is 10.8. The van der Waals surface area contributed by atoms with E-state index in [9.17, 15) is 15.2 Å². The van der Waals surface area contributed by atoms with Gasteiger partial charge in [-0.25, -0.2) is 0 Å². The molecule has 0 radical (unpaired) electrons. The van der Waals surface area contributed by atoms with E-state index in [0.717, 1.165) is 0 Å². The van der Waals surface area contributed by atoms with Crippen LogP contribution in [0.15, 0.2) is 22.7 Å². The highest BCUT2D eigenvalue weighted by molar-refractivity contribution is 9.10. The maximum absolute atomic E-state index is 10.8. The number of nitrogens with two attached hydrogens (primary N) is 1. The number of nitrogens with zero attached hydrogens (tertiary/aromatic N) is 1. The van der Waals surface area contributed by atoms with Gasteiger partial charge in [0.25, 0.3) is 5.69 Å². The number of hydrogen-bond donors (Lipinski definition) is 2. The summed E-state index contributed by atoms with van der Waals surface area (Å²) in [6.07, 6.45) is -0.726. The molecular weight excluding hydrogens is 288 g/mol. The second-order valence-electron chi connectivity index (χ2n) is 4.23. The Morgan fingerprint density at radius 1 is 1.47 bits per heavy atom. The minimum absolute atomic E-state index is 0.00676. The number of nitro benzene ring substituents is 1. The number of aliphatic hydroxyl groups is 1. The van der Waals surface area contributed by atoms with Crippen molar-refractivity contribution in [3.8, 4) is 0 Å². The van der Waals surface area contributed by atoms with Crippen molar-refractivity contribution in [3.05, 3.63) is 38.3 Å². The minimum atomic E-state index is -0.726. The van der Waals surface area contributed by atoms with Gasteiger partial charge in [0.2, 0.25) is 0 Å². The zero-order chi connectivity index (χ0) is 13.2. The highest BCUT2D eigenvalue weighted by atomic mass is 79.9. The Balaban J connectivity index is 3.07. The molecule has 0 spiro atoms. The first-order chi connectivity index (χ1) is 7.84. The van der Waals surface area contributed by atoms with Crippen molar-refractivity contribution in [2.24, 2.45) is 11.7 Å². The molecule has 0 saturated carbocycles. The summed E-state index contributed by atoms with van der Waals surface area (Å²) in [6.45, 7) is 3.69. The van der Waals surface area contributed by atoms with E-state index in [0.29, 0.717) is 10.0 Å². The molecule has 2 atom stereocenters. The van der Waals surface area contributed by atoms with Crippen LogP contribution in [0.5, 0.6) is 0 Å². The van der Waals surface area contributed by atoms with E-state index in [2.05, 4.69) is 15.9 Å². The Kier molecular flexibility index (Phi) is 4.62. The lowest BCUT2D eigenvalue weighted by molar-refractivity contribution is -0.385. The van der Waals surface area contributed by atoms with Crippen molar-refractivity contribution in [2.75, 3.05) is 0 Å². The molecule has 0 aliphatic carbocycles. The van der Waals surface area contributed by atoms with Crippen molar-refractivity contribution in [1.82, 2.24) is 0 Å². The van der Waals surface area contributed by atoms with E-state index in [4.69, 9.17) is 5.73 Å². The van der Waals surface area contributed by atoms with Gasteiger partial charge in [-0.05, 0) is 33.5 Å². The fourth-order valence-corrected chi connectivity index (χ4v) is 1.88. The van der Waals surface area contributed by atoms with Crippen LogP contribution in [0.2, 0.25) is 0 Å². The Morgan fingerprint density at radius 2 is 2.06 bits per heavy atom. The summed E-state index contributed by atoms with van der Waals surface area (Å²) < 4.78 is 0.400. The molecule has 0 saturated heterocycles. The van der Waals surface area contributed by atoms with Crippen molar-refractivity contribution in [2.45, 2.75) is 26.0 Å². The third-order valence-electron chi connectivity index (χ3n) is 2.60. The van der Waals surface area contributed by atoms with E-state index in [1.54, 1.807) is 12.1 Å². The number of hydrogen-bond acceptors (Lipinski definition) is 4.